The molecule has 0 nitrogen and oxygen atoms in total. The highest BCUT2D eigenvalue weighted by atomic mass is 19.2. The van der Waals surface area contributed by atoms with Gasteiger partial charge < -0.3 is 0 Å². The van der Waals surface area contributed by atoms with Crippen LogP contribution in [0.4, 0.5) is 8.78 Å². The van der Waals surface area contributed by atoms with Crippen LogP contribution in [0.5, 0.6) is 0 Å². The molecule has 3 rings (SSSR count). The van der Waals surface area contributed by atoms with Gasteiger partial charge in [-0.15, -0.1) is 0 Å². The summed E-state index contributed by atoms with van der Waals surface area (Å²) in [6.07, 6.45) is 14.6. The molecule has 2 aliphatic rings. The molecule has 2 heteroatoms. The topological polar surface area (TPSA) is 0 Å². The molecule has 1 saturated carbocycles. The summed E-state index contributed by atoms with van der Waals surface area (Å²) in [5.41, 5.74) is 3.25. The zero-order chi connectivity index (χ0) is 16.2. The molecule has 1 aromatic carbocycles. The van der Waals surface area contributed by atoms with Gasteiger partial charge in [0.05, 0.1) is 0 Å². The van der Waals surface area contributed by atoms with Crippen LogP contribution >= 0.6 is 0 Å². The smallest absolute Gasteiger partial charge is 0.159 e. The van der Waals surface area contributed by atoms with E-state index in [0.717, 1.165) is 42.2 Å². The number of rotatable bonds is 5. The summed E-state index contributed by atoms with van der Waals surface area (Å²) in [7, 11) is 0. The molecule has 0 saturated heterocycles. The normalized spacial score (nSPS) is 24.2. The van der Waals surface area contributed by atoms with Crippen LogP contribution < -0.4 is 0 Å². The Balaban J connectivity index is 1.53. The third-order valence-corrected chi connectivity index (χ3v) is 5.79. The Morgan fingerprint density at radius 3 is 2.26 bits per heavy atom. The first kappa shape index (κ1) is 16.7. The van der Waals surface area contributed by atoms with Gasteiger partial charge in [0, 0.05) is 0 Å². The summed E-state index contributed by atoms with van der Waals surface area (Å²) in [6, 6.07) is 2.73. The van der Waals surface area contributed by atoms with E-state index in [1.54, 1.807) is 0 Å². The van der Waals surface area contributed by atoms with E-state index in [2.05, 4.69) is 13.0 Å². The first-order valence-corrected chi connectivity index (χ1v) is 9.33. The number of aryl methyl sites for hydroxylation is 1. The van der Waals surface area contributed by atoms with Crippen LogP contribution in [0.3, 0.4) is 0 Å². The summed E-state index contributed by atoms with van der Waals surface area (Å²) < 4.78 is 26.7. The van der Waals surface area contributed by atoms with Gasteiger partial charge in [0.1, 0.15) is 0 Å². The molecule has 0 N–H and O–H groups in total. The van der Waals surface area contributed by atoms with E-state index < -0.39 is 11.6 Å². The van der Waals surface area contributed by atoms with Gasteiger partial charge in [-0.1, -0.05) is 57.1 Å². The highest BCUT2D eigenvalue weighted by Gasteiger charge is 2.21. The van der Waals surface area contributed by atoms with E-state index in [0.29, 0.717) is 0 Å². The zero-order valence-corrected chi connectivity index (χ0v) is 14.2. The Morgan fingerprint density at radius 2 is 1.57 bits per heavy atom. The Kier molecular flexibility index (Phi) is 5.50. The van der Waals surface area contributed by atoms with Crippen LogP contribution in [-0.4, -0.2) is 0 Å². The van der Waals surface area contributed by atoms with Gasteiger partial charge in [-0.25, -0.2) is 8.78 Å². The maximum Gasteiger partial charge on any atom is 0.159 e. The fourth-order valence-corrected chi connectivity index (χ4v) is 4.35. The van der Waals surface area contributed by atoms with Gasteiger partial charge in [0.15, 0.2) is 11.6 Å². The third kappa shape index (κ3) is 4.22. The van der Waals surface area contributed by atoms with Crippen molar-refractivity contribution in [3.63, 3.8) is 0 Å². The SMILES string of the molecule is CCCC1CCC(CCC2=Cc3cc(F)c(F)cc3CC2)CC1. The Labute approximate surface area is 139 Å². The number of halogens is 2. The first-order valence-electron chi connectivity index (χ1n) is 9.33. The molecule has 23 heavy (non-hydrogen) atoms. The monoisotopic (exact) mass is 318 g/mol. The van der Waals surface area contributed by atoms with Crippen LogP contribution in [0.2, 0.25) is 0 Å². The van der Waals surface area contributed by atoms with Crippen LogP contribution in [0.25, 0.3) is 6.08 Å². The van der Waals surface area contributed by atoms with Crippen LogP contribution in [0.15, 0.2) is 17.7 Å². The second-order valence-electron chi connectivity index (χ2n) is 7.48. The quantitative estimate of drug-likeness (QED) is 0.568. The standard InChI is InChI=1S/C21H28F2/c1-2-3-15-4-6-16(7-5-15)8-9-17-10-11-18-13-20(22)21(23)14-19(18)12-17/h12-16H,2-11H2,1H3. The van der Waals surface area contributed by atoms with E-state index in [1.165, 1.54) is 62.7 Å². The zero-order valence-electron chi connectivity index (χ0n) is 14.2. The molecule has 1 aromatic rings. The number of benzene rings is 1. The fourth-order valence-electron chi connectivity index (χ4n) is 4.35. The van der Waals surface area contributed by atoms with Crippen molar-refractivity contribution in [1.82, 2.24) is 0 Å². The minimum atomic E-state index is -0.726. The molecular formula is C21H28F2. The third-order valence-electron chi connectivity index (χ3n) is 5.79. The molecule has 0 aliphatic heterocycles. The maximum absolute atomic E-state index is 13.4. The highest BCUT2D eigenvalue weighted by molar-refractivity contribution is 5.59. The molecule has 1 fully saturated rings. The van der Waals surface area contributed by atoms with E-state index >= 15 is 0 Å². The molecule has 0 bridgehead atoms. The molecule has 0 amide bonds. The van der Waals surface area contributed by atoms with Gasteiger partial charge in [-0.2, -0.15) is 0 Å². The van der Waals surface area contributed by atoms with Crippen molar-refractivity contribution in [2.45, 2.75) is 71.1 Å². The average molecular weight is 318 g/mol. The van der Waals surface area contributed by atoms with Crippen LogP contribution in [0.1, 0.15) is 75.8 Å². The number of fused-ring (bicyclic) bond motifs is 1. The predicted octanol–water partition coefficient (Wildman–Crippen LogP) is 6.68. The molecule has 0 heterocycles. The van der Waals surface area contributed by atoms with E-state index in [4.69, 9.17) is 0 Å². The van der Waals surface area contributed by atoms with Crippen molar-refractivity contribution in [2.24, 2.45) is 11.8 Å². The number of allylic oxidation sites excluding steroid dienone is 1. The van der Waals surface area contributed by atoms with Crippen LogP contribution in [-0.2, 0) is 6.42 Å². The highest BCUT2D eigenvalue weighted by Crippen LogP contribution is 2.36. The van der Waals surface area contributed by atoms with Crippen molar-refractivity contribution < 1.29 is 8.78 Å². The first-order chi connectivity index (χ1) is 11.2. The summed E-state index contributed by atoms with van der Waals surface area (Å²) in [5, 5.41) is 0. The molecule has 0 aromatic heterocycles. The molecule has 2 aliphatic carbocycles. The summed E-state index contributed by atoms with van der Waals surface area (Å²) in [4.78, 5) is 0. The van der Waals surface area contributed by atoms with Crippen molar-refractivity contribution >= 4 is 6.08 Å². The number of hydrogen-bond donors (Lipinski definition) is 0. The predicted molar refractivity (Wildman–Crippen MR) is 92.2 cm³/mol. The lowest BCUT2D eigenvalue weighted by Gasteiger charge is -2.29. The van der Waals surface area contributed by atoms with Crippen LogP contribution in [0, 0.1) is 23.5 Å². The Morgan fingerprint density at radius 1 is 0.913 bits per heavy atom. The molecule has 0 atom stereocenters. The van der Waals surface area contributed by atoms with Crippen molar-refractivity contribution in [1.29, 1.82) is 0 Å². The minimum absolute atomic E-state index is 0.718. The molecule has 0 radical (unpaired) electrons. The van der Waals surface area contributed by atoms with Crippen molar-refractivity contribution in [2.75, 3.05) is 0 Å². The van der Waals surface area contributed by atoms with E-state index in [1.807, 2.05) is 0 Å². The van der Waals surface area contributed by atoms with Crippen molar-refractivity contribution in [3.8, 4) is 0 Å². The lowest BCUT2D eigenvalue weighted by Crippen LogP contribution is -2.14. The van der Waals surface area contributed by atoms with Gasteiger partial charge in [-0.3, -0.25) is 0 Å². The van der Waals surface area contributed by atoms with Crippen molar-refractivity contribution in [3.05, 3.63) is 40.5 Å². The largest absolute Gasteiger partial charge is 0.204 e. The minimum Gasteiger partial charge on any atom is -0.204 e. The Hall–Kier alpha value is -1.18. The second-order valence-corrected chi connectivity index (χ2v) is 7.48. The summed E-state index contributed by atoms with van der Waals surface area (Å²) >= 11 is 0. The Bertz CT molecular complexity index is 565. The molecule has 0 spiro atoms. The van der Waals surface area contributed by atoms with Gasteiger partial charge in [0.25, 0.3) is 0 Å². The maximum atomic E-state index is 13.4. The van der Waals surface area contributed by atoms with Gasteiger partial charge >= 0.3 is 0 Å². The molecular weight excluding hydrogens is 290 g/mol. The summed E-state index contributed by atoms with van der Waals surface area (Å²) in [6.45, 7) is 2.29. The lowest BCUT2D eigenvalue weighted by molar-refractivity contribution is 0.252. The summed E-state index contributed by atoms with van der Waals surface area (Å²) in [5.74, 6) is 0.394. The van der Waals surface area contributed by atoms with E-state index in [9.17, 15) is 8.78 Å². The lowest BCUT2D eigenvalue weighted by atomic mass is 9.77. The second kappa shape index (κ2) is 7.59. The van der Waals surface area contributed by atoms with Gasteiger partial charge in [0.2, 0.25) is 0 Å². The molecule has 126 valence electrons. The fraction of sp³-hybridized carbons (Fsp3) is 0.619. The average Bonchev–Trinajstić information content (AvgIpc) is 2.56. The van der Waals surface area contributed by atoms with Gasteiger partial charge in [-0.05, 0) is 60.8 Å². The van der Waals surface area contributed by atoms with E-state index in [-0.39, 0.29) is 0 Å². The molecule has 0 unspecified atom stereocenters. The number of hydrogen-bond acceptors (Lipinski definition) is 0.